The zero-order chi connectivity index (χ0) is 15.4. The van der Waals surface area contributed by atoms with Crippen LogP contribution in [0.15, 0.2) is 42.5 Å². The van der Waals surface area contributed by atoms with Crippen LogP contribution in [0.25, 0.3) is 0 Å². The van der Waals surface area contributed by atoms with Crippen LogP contribution < -0.4 is 0 Å². The van der Waals surface area contributed by atoms with Crippen molar-refractivity contribution in [1.29, 1.82) is 0 Å². The van der Waals surface area contributed by atoms with E-state index in [1.165, 1.54) is 6.92 Å². The second-order valence-corrected chi connectivity index (χ2v) is 4.48. The van der Waals surface area contributed by atoms with Crippen LogP contribution in [0.3, 0.4) is 0 Å². The average Bonchev–Trinajstić information content (AvgIpc) is 2.53. The van der Waals surface area contributed by atoms with Crippen LogP contribution >= 0.6 is 0 Å². The van der Waals surface area contributed by atoms with E-state index in [4.69, 9.17) is 9.90 Å². The normalized spacial score (nSPS) is 11.9. The summed E-state index contributed by atoms with van der Waals surface area (Å²) in [5, 5.41) is 9.09. The van der Waals surface area contributed by atoms with E-state index in [-0.39, 0.29) is 18.2 Å². The van der Waals surface area contributed by atoms with Gasteiger partial charge in [-0.15, -0.1) is 0 Å². The number of aliphatic hydroxyl groups is 1. The highest BCUT2D eigenvalue weighted by atomic mass is 16.3. The molecule has 4 heteroatoms. The maximum Gasteiger partial charge on any atom is 0.194 e. The number of rotatable bonds is 1. The number of hydrogen-bond acceptors (Lipinski definition) is 4. The highest BCUT2D eigenvalue weighted by Gasteiger charge is 2.29. The number of aliphatic hydroxyl groups excluding tert-OH is 1. The first-order valence-corrected chi connectivity index (χ1v) is 6.46. The van der Waals surface area contributed by atoms with E-state index in [1.54, 1.807) is 42.5 Å². The third-order valence-electron chi connectivity index (χ3n) is 3.17. The SMILES string of the molecule is CC=O.O=C1c2ccccc2C(=O)c2cc(CO)ccc21. The summed E-state index contributed by atoms with van der Waals surface area (Å²) in [6, 6.07) is 11.7. The molecule has 0 radical (unpaired) electrons. The Bertz CT molecular complexity index is 716. The summed E-state index contributed by atoms with van der Waals surface area (Å²) < 4.78 is 0. The molecule has 0 spiro atoms. The summed E-state index contributed by atoms with van der Waals surface area (Å²) in [5.41, 5.74) is 2.31. The summed E-state index contributed by atoms with van der Waals surface area (Å²) >= 11 is 0. The van der Waals surface area contributed by atoms with E-state index >= 15 is 0 Å². The molecule has 0 aliphatic heterocycles. The molecule has 0 unspecified atom stereocenters. The van der Waals surface area contributed by atoms with Crippen molar-refractivity contribution in [2.45, 2.75) is 13.5 Å². The van der Waals surface area contributed by atoms with Crippen LogP contribution in [0.1, 0.15) is 44.3 Å². The van der Waals surface area contributed by atoms with Crippen molar-refractivity contribution in [3.8, 4) is 0 Å². The predicted molar refractivity (Wildman–Crippen MR) is 77.4 cm³/mol. The Kier molecular flexibility index (Phi) is 4.40. The maximum absolute atomic E-state index is 12.3. The fourth-order valence-electron chi connectivity index (χ4n) is 2.24. The third kappa shape index (κ3) is 2.66. The van der Waals surface area contributed by atoms with Crippen molar-refractivity contribution in [2.75, 3.05) is 0 Å². The van der Waals surface area contributed by atoms with E-state index in [0.29, 0.717) is 27.8 Å². The monoisotopic (exact) mass is 282 g/mol. The molecule has 2 aromatic carbocycles. The Morgan fingerprint density at radius 2 is 1.38 bits per heavy atom. The van der Waals surface area contributed by atoms with E-state index in [1.807, 2.05) is 0 Å². The molecule has 0 amide bonds. The molecule has 0 bridgehead atoms. The molecular formula is C17H14O4. The van der Waals surface area contributed by atoms with Crippen molar-refractivity contribution in [1.82, 2.24) is 0 Å². The van der Waals surface area contributed by atoms with Gasteiger partial charge in [-0.3, -0.25) is 9.59 Å². The zero-order valence-electron chi connectivity index (χ0n) is 11.5. The molecule has 0 fully saturated rings. The lowest BCUT2D eigenvalue weighted by Gasteiger charge is -2.17. The van der Waals surface area contributed by atoms with Gasteiger partial charge in [-0.25, -0.2) is 0 Å². The summed E-state index contributed by atoms with van der Waals surface area (Å²) in [6.07, 6.45) is 0.750. The van der Waals surface area contributed by atoms with Crippen LogP contribution in [0.2, 0.25) is 0 Å². The Labute approximate surface area is 122 Å². The van der Waals surface area contributed by atoms with Crippen LogP contribution in [0.5, 0.6) is 0 Å². The van der Waals surface area contributed by atoms with E-state index in [0.717, 1.165) is 6.29 Å². The second-order valence-electron chi connectivity index (χ2n) is 4.48. The fraction of sp³-hybridized carbons (Fsp3) is 0.118. The lowest BCUT2D eigenvalue weighted by Crippen LogP contribution is -2.20. The quantitative estimate of drug-likeness (QED) is 0.694. The number of hydrogen-bond donors (Lipinski definition) is 1. The molecule has 106 valence electrons. The zero-order valence-corrected chi connectivity index (χ0v) is 11.5. The van der Waals surface area contributed by atoms with Gasteiger partial charge in [-0.05, 0) is 24.6 Å². The van der Waals surface area contributed by atoms with Gasteiger partial charge in [-0.2, -0.15) is 0 Å². The van der Waals surface area contributed by atoms with Crippen molar-refractivity contribution >= 4 is 17.9 Å². The van der Waals surface area contributed by atoms with Gasteiger partial charge in [0.05, 0.1) is 6.61 Å². The van der Waals surface area contributed by atoms with E-state index in [9.17, 15) is 9.59 Å². The minimum Gasteiger partial charge on any atom is -0.392 e. The van der Waals surface area contributed by atoms with Gasteiger partial charge >= 0.3 is 0 Å². The van der Waals surface area contributed by atoms with Crippen molar-refractivity contribution in [2.24, 2.45) is 0 Å². The standard InChI is InChI=1S/C15H10O3.C2H4O/c16-8-9-5-6-12-13(7-9)15(18)11-4-2-1-3-10(11)14(12)17;1-2-3/h1-7,16H,8H2;2H,1H3. The topological polar surface area (TPSA) is 71.4 Å². The highest BCUT2D eigenvalue weighted by Crippen LogP contribution is 2.27. The maximum atomic E-state index is 12.3. The molecular weight excluding hydrogens is 268 g/mol. The largest absolute Gasteiger partial charge is 0.392 e. The third-order valence-corrected chi connectivity index (χ3v) is 3.17. The van der Waals surface area contributed by atoms with Crippen LogP contribution in [-0.4, -0.2) is 23.0 Å². The molecule has 1 aliphatic rings. The molecule has 21 heavy (non-hydrogen) atoms. The number of ketones is 2. The first-order valence-electron chi connectivity index (χ1n) is 6.46. The van der Waals surface area contributed by atoms with Gasteiger partial charge in [0.1, 0.15) is 6.29 Å². The molecule has 1 aliphatic carbocycles. The summed E-state index contributed by atoms with van der Waals surface area (Å²) in [5.74, 6) is -0.291. The van der Waals surface area contributed by atoms with Gasteiger partial charge in [0.2, 0.25) is 0 Å². The Morgan fingerprint density at radius 3 is 1.90 bits per heavy atom. The van der Waals surface area contributed by atoms with Gasteiger partial charge in [0.25, 0.3) is 0 Å². The Hall–Kier alpha value is -2.59. The number of fused-ring (bicyclic) bond motifs is 2. The second kappa shape index (κ2) is 6.24. The van der Waals surface area contributed by atoms with Crippen molar-refractivity contribution < 1.29 is 19.5 Å². The first kappa shape index (κ1) is 14.8. The Balaban J connectivity index is 0.000000497. The summed E-state index contributed by atoms with van der Waals surface area (Å²) in [7, 11) is 0. The van der Waals surface area contributed by atoms with Crippen LogP contribution in [-0.2, 0) is 11.4 Å². The molecule has 0 aromatic heterocycles. The number of benzene rings is 2. The lowest BCUT2D eigenvalue weighted by molar-refractivity contribution is -0.106. The Morgan fingerprint density at radius 1 is 0.905 bits per heavy atom. The van der Waals surface area contributed by atoms with Gasteiger partial charge in [-0.1, -0.05) is 30.3 Å². The lowest BCUT2D eigenvalue weighted by atomic mass is 9.83. The van der Waals surface area contributed by atoms with E-state index < -0.39 is 0 Å². The van der Waals surface area contributed by atoms with Crippen molar-refractivity contribution in [3.05, 3.63) is 70.3 Å². The fourth-order valence-corrected chi connectivity index (χ4v) is 2.24. The predicted octanol–water partition coefficient (Wildman–Crippen LogP) is 2.16. The summed E-state index contributed by atoms with van der Waals surface area (Å²) in [4.78, 5) is 33.3. The minimum absolute atomic E-state index is 0.135. The number of carbonyl (C=O) groups excluding carboxylic acids is 3. The van der Waals surface area contributed by atoms with Gasteiger partial charge in [0, 0.05) is 22.3 Å². The van der Waals surface area contributed by atoms with E-state index in [2.05, 4.69) is 0 Å². The first-order chi connectivity index (χ1) is 10.1. The number of aldehydes is 1. The molecule has 3 rings (SSSR count). The number of carbonyl (C=O) groups is 3. The smallest absolute Gasteiger partial charge is 0.194 e. The van der Waals surface area contributed by atoms with Crippen molar-refractivity contribution in [3.63, 3.8) is 0 Å². The van der Waals surface area contributed by atoms with Crippen LogP contribution in [0, 0.1) is 0 Å². The van der Waals surface area contributed by atoms with Crippen LogP contribution in [0.4, 0.5) is 0 Å². The van der Waals surface area contributed by atoms with Gasteiger partial charge < -0.3 is 9.90 Å². The van der Waals surface area contributed by atoms with Gasteiger partial charge in [0.15, 0.2) is 11.6 Å². The molecule has 1 N–H and O–H groups in total. The summed E-state index contributed by atoms with van der Waals surface area (Å²) in [6.45, 7) is 1.30. The molecule has 4 nitrogen and oxygen atoms in total. The molecule has 0 saturated heterocycles. The molecule has 0 atom stereocenters. The highest BCUT2D eigenvalue weighted by molar-refractivity contribution is 6.28. The molecule has 0 heterocycles. The molecule has 2 aromatic rings. The molecule has 0 saturated carbocycles. The average molecular weight is 282 g/mol. The minimum atomic E-state index is -0.157.